The minimum absolute atomic E-state index is 0.0593. The van der Waals surface area contributed by atoms with Gasteiger partial charge in [0.05, 0.1) is 10.8 Å². The number of Topliss-reactive ketones (excluding diaryl/α,β-unsaturated/α-hetero) is 1. The molecule has 0 saturated heterocycles. The number of thiazole rings is 1. The van der Waals surface area contributed by atoms with Crippen molar-refractivity contribution in [2.75, 3.05) is 11.9 Å². The number of nitrogens with zero attached hydrogens (tertiary/aromatic N) is 1. The van der Waals surface area contributed by atoms with Crippen molar-refractivity contribution in [3.8, 4) is 0 Å². The Hall–Kier alpha value is -1.89. The van der Waals surface area contributed by atoms with Crippen molar-refractivity contribution in [1.29, 1.82) is 0 Å². The van der Waals surface area contributed by atoms with Gasteiger partial charge in [0.15, 0.2) is 10.8 Å². The Morgan fingerprint density at radius 3 is 2.81 bits per heavy atom. The second kappa shape index (κ2) is 5.14. The summed E-state index contributed by atoms with van der Waals surface area (Å²) in [5.41, 5.74) is 1.69. The fourth-order valence-electron chi connectivity index (χ4n) is 2.43. The van der Waals surface area contributed by atoms with Crippen LogP contribution in [-0.2, 0) is 6.18 Å². The zero-order valence-electron chi connectivity index (χ0n) is 10.8. The molecule has 0 bridgehead atoms. The molecule has 1 aliphatic rings. The Morgan fingerprint density at radius 1 is 1.33 bits per heavy atom. The van der Waals surface area contributed by atoms with E-state index in [0.717, 1.165) is 17.4 Å². The van der Waals surface area contributed by atoms with Gasteiger partial charge in [-0.3, -0.25) is 4.79 Å². The summed E-state index contributed by atoms with van der Waals surface area (Å²) < 4.78 is 37.7. The number of anilines is 1. The second-order valence-corrected chi connectivity index (χ2v) is 5.78. The van der Waals surface area contributed by atoms with Crippen molar-refractivity contribution >= 4 is 22.8 Å². The van der Waals surface area contributed by atoms with Gasteiger partial charge in [0.25, 0.3) is 0 Å². The van der Waals surface area contributed by atoms with E-state index >= 15 is 0 Å². The number of carbonyl (C=O) groups is 1. The van der Waals surface area contributed by atoms with Crippen LogP contribution in [0.25, 0.3) is 0 Å². The smallest absolute Gasteiger partial charge is 0.385 e. The standard InChI is InChI=1S/C14H11F3N2OS/c15-14(16,17)13-19-7-11(21-13)12(20)9-5-6-18-10-4-2-1-3-8(9)10/h1-4,7,9,18H,5-6H2. The van der Waals surface area contributed by atoms with E-state index < -0.39 is 17.1 Å². The van der Waals surface area contributed by atoms with E-state index in [1.165, 1.54) is 0 Å². The number of ketones is 1. The lowest BCUT2D eigenvalue weighted by Gasteiger charge is -2.25. The summed E-state index contributed by atoms with van der Waals surface area (Å²) in [5.74, 6) is -0.707. The van der Waals surface area contributed by atoms with Crippen LogP contribution in [0.1, 0.15) is 32.6 Å². The maximum Gasteiger partial charge on any atom is 0.443 e. The summed E-state index contributed by atoms with van der Waals surface area (Å²) >= 11 is 0.410. The Kier molecular flexibility index (Phi) is 3.44. The van der Waals surface area contributed by atoms with Gasteiger partial charge in [-0.05, 0) is 18.1 Å². The van der Waals surface area contributed by atoms with Gasteiger partial charge in [-0.25, -0.2) is 4.98 Å². The van der Waals surface area contributed by atoms with E-state index in [1.54, 1.807) is 0 Å². The number of fused-ring (bicyclic) bond motifs is 1. The highest BCUT2D eigenvalue weighted by atomic mass is 32.1. The van der Waals surface area contributed by atoms with Crippen molar-refractivity contribution in [3.63, 3.8) is 0 Å². The quantitative estimate of drug-likeness (QED) is 0.854. The van der Waals surface area contributed by atoms with Crippen molar-refractivity contribution in [2.45, 2.75) is 18.5 Å². The molecule has 3 rings (SSSR count). The average molecular weight is 312 g/mol. The van der Waals surface area contributed by atoms with Gasteiger partial charge in [0.2, 0.25) is 0 Å². The fourth-order valence-corrected chi connectivity index (χ4v) is 3.21. The molecule has 0 radical (unpaired) electrons. The molecule has 2 heterocycles. The van der Waals surface area contributed by atoms with Gasteiger partial charge < -0.3 is 5.32 Å². The van der Waals surface area contributed by atoms with Crippen LogP contribution >= 0.6 is 11.3 Å². The zero-order chi connectivity index (χ0) is 15.0. The third-order valence-corrected chi connectivity index (χ3v) is 4.45. The summed E-state index contributed by atoms with van der Waals surface area (Å²) in [6.45, 7) is 0.623. The van der Waals surface area contributed by atoms with Crippen LogP contribution < -0.4 is 5.32 Å². The van der Waals surface area contributed by atoms with Crippen LogP contribution in [0.2, 0.25) is 0 Å². The van der Waals surface area contributed by atoms with E-state index in [4.69, 9.17) is 0 Å². The number of benzene rings is 1. The molecular weight excluding hydrogens is 301 g/mol. The molecule has 1 atom stereocenters. The third-order valence-electron chi connectivity index (χ3n) is 3.39. The molecule has 21 heavy (non-hydrogen) atoms. The first-order valence-corrected chi connectivity index (χ1v) is 7.18. The van der Waals surface area contributed by atoms with Crippen molar-refractivity contribution in [3.05, 3.63) is 45.9 Å². The van der Waals surface area contributed by atoms with Crippen LogP contribution in [0, 0.1) is 0 Å². The average Bonchev–Trinajstić information content (AvgIpc) is 2.96. The van der Waals surface area contributed by atoms with Gasteiger partial charge in [-0.15, -0.1) is 11.3 Å². The van der Waals surface area contributed by atoms with Gasteiger partial charge >= 0.3 is 6.18 Å². The first-order valence-electron chi connectivity index (χ1n) is 6.37. The Bertz CT molecular complexity index is 681. The predicted octanol–water partition coefficient (Wildman–Crippen LogP) is 3.94. The second-order valence-electron chi connectivity index (χ2n) is 4.75. The molecule has 0 amide bonds. The highest BCUT2D eigenvalue weighted by Gasteiger charge is 2.36. The van der Waals surface area contributed by atoms with Crippen molar-refractivity contribution < 1.29 is 18.0 Å². The lowest BCUT2D eigenvalue weighted by atomic mass is 9.87. The van der Waals surface area contributed by atoms with Gasteiger partial charge in [0, 0.05) is 18.4 Å². The lowest BCUT2D eigenvalue weighted by molar-refractivity contribution is -0.137. The molecule has 0 spiro atoms. The maximum atomic E-state index is 12.6. The zero-order valence-corrected chi connectivity index (χ0v) is 11.6. The minimum atomic E-state index is -4.50. The summed E-state index contributed by atoms with van der Waals surface area (Å²) in [6.07, 6.45) is -2.91. The van der Waals surface area contributed by atoms with E-state index in [1.807, 2.05) is 24.3 Å². The number of rotatable bonds is 2. The van der Waals surface area contributed by atoms with E-state index in [0.29, 0.717) is 24.3 Å². The molecule has 110 valence electrons. The molecular formula is C14H11F3N2OS. The summed E-state index contributed by atoms with van der Waals surface area (Å²) in [7, 11) is 0. The van der Waals surface area contributed by atoms with Gasteiger partial charge in [-0.2, -0.15) is 13.2 Å². The molecule has 7 heteroatoms. The molecule has 0 fully saturated rings. The van der Waals surface area contributed by atoms with Crippen LogP contribution in [0.4, 0.5) is 18.9 Å². The minimum Gasteiger partial charge on any atom is -0.385 e. The van der Waals surface area contributed by atoms with E-state index in [9.17, 15) is 18.0 Å². The molecule has 0 aliphatic carbocycles. The lowest BCUT2D eigenvalue weighted by Crippen LogP contribution is -2.22. The summed E-state index contributed by atoms with van der Waals surface area (Å²) in [5, 5.41) is 2.21. The number of alkyl halides is 3. The van der Waals surface area contributed by atoms with Crippen molar-refractivity contribution in [1.82, 2.24) is 4.98 Å². The summed E-state index contributed by atoms with van der Waals surface area (Å²) in [6, 6.07) is 7.37. The molecule has 0 saturated carbocycles. The van der Waals surface area contributed by atoms with Crippen molar-refractivity contribution in [2.24, 2.45) is 0 Å². The number of halogens is 3. The molecule has 1 aliphatic heterocycles. The molecule has 1 unspecified atom stereocenters. The SMILES string of the molecule is O=C(c1cnc(C(F)(F)F)s1)C1CCNc2ccccc21. The molecule has 3 nitrogen and oxygen atoms in total. The van der Waals surface area contributed by atoms with Gasteiger partial charge in [0.1, 0.15) is 0 Å². The van der Waals surface area contributed by atoms with Crippen LogP contribution in [-0.4, -0.2) is 17.3 Å². The summed E-state index contributed by atoms with van der Waals surface area (Å²) in [4.78, 5) is 15.9. The number of hydrogen-bond acceptors (Lipinski definition) is 4. The molecule has 1 aromatic heterocycles. The van der Waals surface area contributed by atoms with E-state index in [-0.39, 0.29) is 10.7 Å². The third kappa shape index (κ3) is 2.65. The number of para-hydroxylation sites is 1. The number of aromatic nitrogens is 1. The Labute approximate surface area is 122 Å². The first-order chi connectivity index (χ1) is 9.97. The fraction of sp³-hybridized carbons (Fsp3) is 0.286. The number of nitrogens with one attached hydrogen (secondary N) is 1. The molecule has 1 N–H and O–H groups in total. The van der Waals surface area contributed by atoms with Crippen LogP contribution in [0.15, 0.2) is 30.5 Å². The highest BCUT2D eigenvalue weighted by Crippen LogP contribution is 2.37. The molecule has 1 aromatic carbocycles. The Morgan fingerprint density at radius 2 is 2.10 bits per heavy atom. The number of carbonyl (C=O) groups excluding carboxylic acids is 1. The van der Waals surface area contributed by atoms with E-state index in [2.05, 4.69) is 10.3 Å². The maximum absolute atomic E-state index is 12.6. The molecule has 2 aromatic rings. The monoisotopic (exact) mass is 312 g/mol. The first kappa shape index (κ1) is 14.1. The number of hydrogen-bond donors (Lipinski definition) is 1. The Balaban J connectivity index is 1.92. The van der Waals surface area contributed by atoms with Crippen LogP contribution in [0.5, 0.6) is 0 Å². The normalized spacial score (nSPS) is 18.0. The van der Waals surface area contributed by atoms with Crippen LogP contribution in [0.3, 0.4) is 0 Å². The van der Waals surface area contributed by atoms with Gasteiger partial charge in [-0.1, -0.05) is 18.2 Å². The predicted molar refractivity (Wildman–Crippen MR) is 73.7 cm³/mol. The highest BCUT2D eigenvalue weighted by molar-refractivity contribution is 7.13. The topological polar surface area (TPSA) is 42.0 Å². The largest absolute Gasteiger partial charge is 0.443 e.